The van der Waals surface area contributed by atoms with Crippen LogP contribution in [0.3, 0.4) is 0 Å². The molecule has 0 aliphatic carbocycles. The normalized spacial score (nSPS) is 11.0. The van der Waals surface area contributed by atoms with E-state index in [0.717, 1.165) is 0 Å². The minimum atomic E-state index is -1.17. The van der Waals surface area contributed by atoms with Crippen LogP contribution in [0.4, 0.5) is 5.69 Å². The van der Waals surface area contributed by atoms with Crippen molar-refractivity contribution in [2.75, 3.05) is 5.73 Å². The van der Waals surface area contributed by atoms with Crippen LogP contribution >= 0.6 is 11.6 Å². The van der Waals surface area contributed by atoms with E-state index in [2.05, 4.69) is 10.3 Å². The molecule has 1 aromatic rings. The Morgan fingerprint density at radius 2 is 2.06 bits per heavy atom. The van der Waals surface area contributed by atoms with Crippen LogP contribution < -0.4 is 16.8 Å². The highest BCUT2D eigenvalue weighted by Gasteiger charge is 2.28. The quantitative estimate of drug-likeness (QED) is 0.676. The molecule has 0 bridgehead atoms. The number of aromatic nitrogens is 1. The predicted molar refractivity (Wildman–Crippen MR) is 64.4 cm³/mol. The summed E-state index contributed by atoms with van der Waals surface area (Å²) in [7, 11) is 0. The van der Waals surface area contributed by atoms with E-state index in [9.17, 15) is 9.59 Å². The van der Waals surface area contributed by atoms with Gasteiger partial charge in [0.15, 0.2) is 0 Å². The van der Waals surface area contributed by atoms with E-state index < -0.39 is 17.4 Å². The SMILES string of the molecule is CC(C)(NC(=O)c1cc(Cl)ncc1N)C(N)=O. The first-order valence-corrected chi connectivity index (χ1v) is 5.15. The fraction of sp³-hybridized carbons (Fsp3) is 0.300. The number of nitrogens with zero attached hydrogens (tertiary/aromatic N) is 1. The average Bonchev–Trinajstić information content (AvgIpc) is 2.20. The summed E-state index contributed by atoms with van der Waals surface area (Å²) in [5.74, 6) is -1.18. The highest BCUT2D eigenvalue weighted by atomic mass is 35.5. The van der Waals surface area contributed by atoms with Crippen molar-refractivity contribution in [1.82, 2.24) is 10.3 Å². The van der Waals surface area contributed by atoms with Gasteiger partial charge in [0, 0.05) is 0 Å². The van der Waals surface area contributed by atoms with Gasteiger partial charge >= 0.3 is 0 Å². The van der Waals surface area contributed by atoms with E-state index in [1.165, 1.54) is 26.1 Å². The van der Waals surface area contributed by atoms with Crippen LogP contribution in [0.2, 0.25) is 5.15 Å². The Bertz CT molecular complexity index is 473. The zero-order valence-corrected chi connectivity index (χ0v) is 10.2. The summed E-state index contributed by atoms with van der Waals surface area (Å²) in [6, 6.07) is 1.32. The second kappa shape index (κ2) is 4.58. The maximum Gasteiger partial charge on any atom is 0.254 e. The van der Waals surface area contributed by atoms with Gasteiger partial charge in [-0.05, 0) is 19.9 Å². The fourth-order valence-electron chi connectivity index (χ4n) is 1.05. The van der Waals surface area contributed by atoms with Gasteiger partial charge in [0.1, 0.15) is 10.7 Å². The summed E-state index contributed by atoms with van der Waals surface area (Å²) in [5, 5.41) is 2.60. The van der Waals surface area contributed by atoms with Crippen molar-refractivity contribution in [1.29, 1.82) is 0 Å². The zero-order chi connectivity index (χ0) is 13.2. The van der Waals surface area contributed by atoms with Crippen molar-refractivity contribution in [3.05, 3.63) is 23.0 Å². The van der Waals surface area contributed by atoms with Crippen LogP contribution in [-0.4, -0.2) is 22.3 Å². The Hall–Kier alpha value is -1.82. The molecule has 1 rings (SSSR count). The molecular formula is C10H13ClN4O2. The Kier molecular flexibility index (Phi) is 3.57. The molecule has 17 heavy (non-hydrogen) atoms. The first-order chi connectivity index (χ1) is 7.74. The van der Waals surface area contributed by atoms with Gasteiger partial charge in [-0.1, -0.05) is 11.6 Å². The number of carbonyl (C=O) groups excluding carboxylic acids is 2. The van der Waals surface area contributed by atoms with Crippen molar-refractivity contribution in [3.63, 3.8) is 0 Å². The Morgan fingerprint density at radius 3 is 2.59 bits per heavy atom. The second-order valence-electron chi connectivity index (χ2n) is 4.04. The average molecular weight is 257 g/mol. The third kappa shape index (κ3) is 3.07. The maximum atomic E-state index is 11.9. The Balaban J connectivity index is 2.98. The van der Waals surface area contributed by atoms with Gasteiger partial charge in [0.2, 0.25) is 5.91 Å². The number of primary amides is 1. The number of anilines is 1. The molecule has 0 unspecified atom stereocenters. The van der Waals surface area contributed by atoms with Gasteiger partial charge in [0.05, 0.1) is 17.4 Å². The number of hydrogen-bond donors (Lipinski definition) is 3. The molecule has 1 heterocycles. The Labute approximate surface area is 103 Å². The van der Waals surface area contributed by atoms with Crippen LogP contribution in [0.25, 0.3) is 0 Å². The number of pyridine rings is 1. The van der Waals surface area contributed by atoms with E-state index >= 15 is 0 Å². The van der Waals surface area contributed by atoms with Gasteiger partial charge < -0.3 is 16.8 Å². The standard InChI is InChI=1S/C10H13ClN4O2/c1-10(2,9(13)17)15-8(16)5-3-7(11)14-4-6(5)12/h3-4H,12H2,1-2H3,(H2,13,17)(H,15,16). The van der Waals surface area contributed by atoms with E-state index in [0.29, 0.717) is 0 Å². The first-order valence-electron chi connectivity index (χ1n) is 4.77. The number of amides is 2. The molecule has 0 atom stereocenters. The minimum Gasteiger partial charge on any atom is -0.397 e. The molecule has 92 valence electrons. The summed E-state index contributed by atoms with van der Waals surface area (Å²) >= 11 is 5.66. The van der Waals surface area contributed by atoms with Crippen LogP contribution in [0, 0.1) is 0 Å². The number of halogens is 1. The van der Waals surface area contributed by atoms with Gasteiger partial charge in [-0.2, -0.15) is 0 Å². The van der Waals surface area contributed by atoms with Crippen LogP contribution in [0.1, 0.15) is 24.2 Å². The molecule has 6 nitrogen and oxygen atoms in total. The van der Waals surface area contributed by atoms with Crippen LogP contribution in [-0.2, 0) is 4.79 Å². The highest BCUT2D eigenvalue weighted by Crippen LogP contribution is 2.16. The highest BCUT2D eigenvalue weighted by molar-refractivity contribution is 6.29. The van der Waals surface area contributed by atoms with Crippen molar-refractivity contribution in [2.45, 2.75) is 19.4 Å². The number of rotatable bonds is 3. The number of hydrogen-bond acceptors (Lipinski definition) is 4. The number of nitrogens with one attached hydrogen (secondary N) is 1. The van der Waals surface area contributed by atoms with Crippen molar-refractivity contribution in [3.8, 4) is 0 Å². The molecule has 5 N–H and O–H groups in total. The van der Waals surface area contributed by atoms with Gasteiger partial charge in [-0.15, -0.1) is 0 Å². The monoisotopic (exact) mass is 256 g/mol. The third-order valence-electron chi connectivity index (χ3n) is 2.19. The lowest BCUT2D eigenvalue weighted by Crippen LogP contribution is -2.53. The first kappa shape index (κ1) is 13.2. The maximum absolute atomic E-state index is 11.9. The third-order valence-corrected chi connectivity index (χ3v) is 2.39. The molecule has 1 aromatic heterocycles. The summed E-state index contributed by atoms with van der Waals surface area (Å²) in [5.41, 5.74) is 9.89. The summed E-state index contributed by atoms with van der Waals surface area (Å²) in [6.07, 6.45) is 1.27. The molecule has 0 aromatic carbocycles. The molecule has 0 aliphatic rings. The predicted octanol–water partition coefficient (Wildman–Crippen LogP) is 0.311. The van der Waals surface area contributed by atoms with Crippen molar-refractivity contribution in [2.24, 2.45) is 5.73 Å². The van der Waals surface area contributed by atoms with Crippen LogP contribution in [0.5, 0.6) is 0 Å². The topological polar surface area (TPSA) is 111 Å². The number of carbonyl (C=O) groups is 2. The van der Waals surface area contributed by atoms with Crippen molar-refractivity contribution < 1.29 is 9.59 Å². The van der Waals surface area contributed by atoms with Crippen molar-refractivity contribution >= 4 is 29.1 Å². The van der Waals surface area contributed by atoms with E-state index in [1.54, 1.807) is 0 Å². The molecule has 7 heteroatoms. The molecule has 2 amide bonds. The van der Waals surface area contributed by atoms with E-state index in [4.69, 9.17) is 23.1 Å². The molecule has 0 radical (unpaired) electrons. The van der Waals surface area contributed by atoms with Gasteiger partial charge in [-0.3, -0.25) is 9.59 Å². The largest absolute Gasteiger partial charge is 0.397 e. The fourth-order valence-corrected chi connectivity index (χ4v) is 1.21. The summed E-state index contributed by atoms with van der Waals surface area (Å²) < 4.78 is 0. The molecule has 0 saturated heterocycles. The molecular weight excluding hydrogens is 244 g/mol. The lowest BCUT2D eigenvalue weighted by molar-refractivity contribution is -0.122. The van der Waals surface area contributed by atoms with Gasteiger partial charge in [0.25, 0.3) is 5.91 Å². The van der Waals surface area contributed by atoms with Crippen LogP contribution in [0.15, 0.2) is 12.3 Å². The lowest BCUT2D eigenvalue weighted by atomic mass is 10.0. The Morgan fingerprint density at radius 1 is 1.47 bits per heavy atom. The molecule has 0 saturated carbocycles. The summed E-state index contributed by atoms with van der Waals surface area (Å²) in [4.78, 5) is 26.7. The summed E-state index contributed by atoms with van der Waals surface area (Å²) in [6.45, 7) is 2.98. The molecule has 0 aliphatic heterocycles. The lowest BCUT2D eigenvalue weighted by Gasteiger charge is -2.22. The number of nitrogen functional groups attached to an aromatic ring is 1. The second-order valence-corrected chi connectivity index (χ2v) is 4.42. The van der Waals surface area contributed by atoms with E-state index in [1.807, 2.05) is 0 Å². The number of nitrogens with two attached hydrogens (primary N) is 2. The van der Waals surface area contributed by atoms with Gasteiger partial charge in [-0.25, -0.2) is 4.98 Å². The molecule has 0 fully saturated rings. The smallest absolute Gasteiger partial charge is 0.254 e. The van der Waals surface area contributed by atoms with E-state index in [-0.39, 0.29) is 16.4 Å². The minimum absolute atomic E-state index is 0.140. The molecule has 0 spiro atoms. The zero-order valence-electron chi connectivity index (χ0n) is 9.45.